The van der Waals surface area contributed by atoms with Gasteiger partial charge in [0.15, 0.2) is 17.4 Å². The Balaban J connectivity index is 3.78. The third-order valence-electron chi connectivity index (χ3n) is 3.24. The van der Waals surface area contributed by atoms with Crippen LogP contribution in [0.25, 0.3) is 0 Å². The fourth-order valence-electron chi connectivity index (χ4n) is 2.12. The van der Waals surface area contributed by atoms with Gasteiger partial charge in [-0.25, -0.2) is 4.79 Å². The van der Waals surface area contributed by atoms with Crippen molar-refractivity contribution in [2.45, 2.75) is 71.3 Å². The average molecular weight is 317 g/mol. The third kappa shape index (κ3) is 10.4. The highest BCUT2D eigenvalue weighted by Gasteiger charge is 2.24. The summed E-state index contributed by atoms with van der Waals surface area (Å²) in [6.07, 6.45) is 4.79. The molecule has 20 heavy (non-hydrogen) atoms. The van der Waals surface area contributed by atoms with Crippen molar-refractivity contribution >= 4 is 23.3 Å². The van der Waals surface area contributed by atoms with E-state index in [2.05, 4.69) is 33.1 Å². The monoisotopic (exact) mass is 316 g/mol. The average Bonchev–Trinajstić information content (AvgIpc) is 2.33. The van der Waals surface area contributed by atoms with Crippen LogP contribution in [0.15, 0.2) is 12.2 Å². The quantitative estimate of drug-likeness (QED) is 0.247. The molecule has 0 aliphatic rings. The summed E-state index contributed by atoms with van der Waals surface area (Å²) < 4.78 is 11.5. The molecule has 5 heteroatoms. The Morgan fingerprint density at radius 3 is 2.45 bits per heavy atom. The largest absolute Gasteiger partial charge is 0.462 e. The van der Waals surface area contributed by atoms with Crippen LogP contribution in [0.4, 0.5) is 0 Å². The van der Waals surface area contributed by atoms with Gasteiger partial charge in [0.25, 0.3) is 0 Å². The summed E-state index contributed by atoms with van der Waals surface area (Å²) in [5.74, 6) is -0.283. The van der Waals surface area contributed by atoms with Crippen molar-refractivity contribution < 1.29 is 13.6 Å². The Morgan fingerprint density at radius 2 is 1.90 bits per heavy atom. The lowest BCUT2D eigenvalue weighted by atomic mass is 10.3. The highest BCUT2D eigenvalue weighted by atomic mass is 28.4. The van der Waals surface area contributed by atoms with E-state index in [9.17, 15) is 4.79 Å². The molecule has 0 aromatic heterocycles. The Bertz CT molecular complexity index is 303. The van der Waals surface area contributed by atoms with Gasteiger partial charge in [0, 0.05) is 5.57 Å². The van der Waals surface area contributed by atoms with Crippen molar-refractivity contribution in [3.05, 3.63) is 12.2 Å². The van der Waals surface area contributed by atoms with Crippen molar-refractivity contribution in [2.75, 3.05) is 6.61 Å². The Labute approximate surface area is 127 Å². The second-order valence-electron chi connectivity index (χ2n) is 6.20. The molecule has 0 saturated carbocycles. The SMILES string of the molecule is C=C(C)C(=O)OCCC[SiH](C)O[Si](C)(C)CCCCC. The fourth-order valence-corrected chi connectivity index (χ4v) is 9.26. The number of ether oxygens (including phenoxy) is 1. The van der Waals surface area contributed by atoms with Gasteiger partial charge < -0.3 is 8.85 Å². The standard InChI is InChI=1S/C15H32O3Si2/c1-7-8-9-13-20(5,6)18-19(4)12-10-11-17-15(16)14(2)3/h19H,2,7-13H2,1,3-6H3. The molecule has 0 aromatic carbocycles. The first kappa shape index (κ1) is 19.6. The second-order valence-corrected chi connectivity index (χ2v) is 13.4. The summed E-state index contributed by atoms with van der Waals surface area (Å²) in [5, 5.41) is 0. The van der Waals surface area contributed by atoms with Crippen molar-refractivity contribution in [2.24, 2.45) is 0 Å². The van der Waals surface area contributed by atoms with Crippen LogP contribution in [0.2, 0.25) is 31.7 Å². The van der Waals surface area contributed by atoms with Crippen LogP contribution < -0.4 is 0 Å². The van der Waals surface area contributed by atoms with E-state index in [1.54, 1.807) is 6.92 Å². The second kappa shape index (κ2) is 10.3. The Hall–Kier alpha value is -0.396. The number of carbonyl (C=O) groups is 1. The van der Waals surface area contributed by atoms with E-state index in [1.165, 1.54) is 25.3 Å². The fraction of sp³-hybridized carbons (Fsp3) is 0.800. The minimum atomic E-state index is -1.46. The number of hydrogen-bond donors (Lipinski definition) is 0. The lowest BCUT2D eigenvalue weighted by molar-refractivity contribution is -0.138. The van der Waals surface area contributed by atoms with Crippen LogP contribution >= 0.6 is 0 Å². The van der Waals surface area contributed by atoms with Crippen molar-refractivity contribution in [3.8, 4) is 0 Å². The normalized spacial score (nSPS) is 13.1. The zero-order valence-electron chi connectivity index (χ0n) is 14.0. The molecule has 0 saturated heterocycles. The maximum Gasteiger partial charge on any atom is 0.333 e. The molecule has 3 nitrogen and oxygen atoms in total. The summed E-state index contributed by atoms with van der Waals surface area (Å²) >= 11 is 0. The number of esters is 1. The van der Waals surface area contributed by atoms with Gasteiger partial charge in [-0.2, -0.15) is 0 Å². The van der Waals surface area contributed by atoms with Gasteiger partial charge in [-0.3, -0.25) is 0 Å². The van der Waals surface area contributed by atoms with E-state index >= 15 is 0 Å². The van der Waals surface area contributed by atoms with Crippen molar-refractivity contribution in [3.63, 3.8) is 0 Å². The summed E-state index contributed by atoms with van der Waals surface area (Å²) in [7, 11) is -2.58. The molecule has 0 N–H and O–H groups in total. The lowest BCUT2D eigenvalue weighted by Gasteiger charge is -2.27. The Morgan fingerprint density at radius 1 is 1.25 bits per heavy atom. The molecule has 0 fully saturated rings. The summed E-state index contributed by atoms with van der Waals surface area (Å²) in [6.45, 7) is 14.9. The third-order valence-corrected chi connectivity index (χ3v) is 10.2. The molecular formula is C15H32O3Si2. The van der Waals surface area contributed by atoms with Gasteiger partial charge in [-0.1, -0.05) is 32.8 Å². The van der Waals surface area contributed by atoms with E-state index in [0.717, 1.165) is 12.5 Å². The maximum atomic E-state index is 11.2. The van der Waals surface area contributed by atoms with E-state index in [0.29, 0.717) is 12.2 Å². The predicted octanol–water partition coefficient (Wildman–Crippen LogP) is 4.26. The van der Waals surface area contributed by atoms with Gasteiger partial charge in [-0.15, -0.1) is 0 Å². The molecule has 0 amide bonds. The van der Waals surface area contributed by atoms with Crippen molar-refractivity contribution in [1.82, 2.24) is 0 Å². The first-order valence-corrected chi connectivity index (χ1v) is 13.3. The highest BCUT2D eigenvalue weighted by Crippen LogP contribution is 2.18. The highest BCUT2D eigenvalue weighted by molar-refractivity contribution is 6.78. The number of unbranched alkanes of at least 4 members (excludes halogenated alkanes) is 2. The molecule has 0 bridgehead atoms. The topological polar surface area (TPSA) is 35.5 Å². The summed E-state index contributed by atoms with van der Waals surface area (Å²) in [4.78, 5) is 11.2. The molecule has 1 unspecified atom stereocenters. The molecule has 0 aliphatic heterocycles. The number of hydrogen-bond acceptors (Lipinski definition) is 3. The first-order chi connectivity index (χ1) is 9.28. The lowest BCUT2D eigenvalue weighted by Crippen LogP contribution is -2.36. The molecule has 0 aromatic rings. The zero-order chi connectivity index (χ0) is 15.6. The molecule has 0 radical (unpaired) electrons. The molecule has 1 atom stereocenters. The predicted molar refractivity (Wildman–Crippen MR) is 91.1 cm³/mol. The van der Waals surface area contributed by atoms with Crippen molar-refractivity contribution in [1.29, 1.82) is 0 Å². The molecule has 0 aliphatic carbocycles. The van der Waals surface area contributed by atoms with E-state index in [1.807, 2.05) is 0 Å². The molecule has 118 valence electrons. The Kier molecular flexibility index (Phi) is 10.1. The van der Waals surface area contributed by atoms with Crippen LogP contribution in [0.3, 0.4) is 0 Å². The van der Waals surface area contributed by atoms with Crippen LogP contribution in [0.5, 0.6) is 0 Å². The van der Waals surface area contributed by atoms with Crippen LogP contribution in [0.1, 0.15) is 39.5 Å². The van der Waals surface area contributed by atoms with Gasteiger partial charge in [0.2, 0.25) is 0 Å². The van der Waals surface area contributed by atoms with Gasteiger partial charge >= 0.3 is 5.97 Å². The molecule has 0 heterocycles. The van der Waals surface area contributed by atoms with E-state index < -0.39 is 17.4 Å². The summed E-state index contributed by atoms with van der Waals surface area (Å²) in [6, 6.07) is 2.34. The minimum absolute atomic E-state index is 0.283. The number of rotatable bonds is 11. The minimum Gasteiger partial charge on any atom is -0.462 e. The van der Waals surface area contributed by atoms with Gasteiger partial charge in [0.05, 0.1) is 6.61 Å². The first-order valence-electron chi connectivity index (χ1n) is 7.79. The summed E-state index contributed by atoms with van der Waals surface area (Å²) in [5.41, 5.74) is 0.469. The van der Waals surface area contributed by atoms with Gasteiger partial charge in [-0.05, 0) is 45.1 Å². The van der Waals surface area contributed by atoms with Crippen LogP contribution in [-0.4, -0.2) is 29.9 Å². The van der Waals surface area contributed by atoms with E-state index in [4.69, 9.17) is 8.85 Å². The molecule has 0 spiro atoms. The molecular weight excluding hydrogens is 284 g/mol. The van der Waals surface area contributed by atoms with E-state index in [-0.39, 0.29) is 5.97 Å². The van der Waals surface area contributed by atoms with Gasteiger partial charge in [0.1, 0.15) is 0 Å². The zero-order valence-corrected chi connectivity index (χ0v) is 16.1. The smallest absolute Gasteiger partial charge is 0.333 e. The van der Waals surface area contributed by atoms with Crippen LogP contribution in [-0.2, 0) is 13.6 Å². The molecule has 0 rings (SSSR count). The number of carbonyl (C=O) groups excluding carboxylic acids is 1. The maximum absolute atomic E-state index is 11.2. The van der Waals surface area contributed by atoms with Crippen LogP contribution in [0, 0.1) is 0 Å².